The van der Waals surface area contributed by atoms with Crippen LogP contribution >= 0.6 is 0 Å². The first kappa shape index (κ1) is 20.4. The van der Waals surface area contributed by atoms with Gasteiger partial charge in [-0.15, -0.1) is 0 Å². The van der Waals surface area contributed by atoms with Gasteiger partial charge in [0.05, 0.1) is 7.11 Å². The van der Waals surface area contributed by atoms with E-state index in [4.69, 9.17) is 9.47 Å². The molecule has 2 aromatic rings. The molecule has 5 nitrogen and oxygen atoms in total. The van der Waals surface area contributed by atoms with Crippen LogP contribution in [0.15, 0.2) is 48.5 Å². The van der Waals surface area contributed by atoms with E-state index < -0.39 is 5.60 Å². The zero-order valence-electron chi connectivity index (χ0n) is 17.0. The van der Waals surface area contributed by atoms with Gasteiger partial charge in [-0.1, -0.05) is 42.5 Å². The minimum atomic E-state index is -0.772. The SMILES string of the molecule is COc1ccccc1-c1cccc(CC2(C(=O)NCCN(C)C)CCCO2)c1. The number of para-hydroxylation sites is 1. The monoisotopic (exact) mass is 382 g/mol. The van der Waals surface area contributed by atoms with E-state index in [2.05, 4.69) is 28.4 Å². The summed E-state index contributed by atoms with van der Waals surface area (Å²) in [5.41, 5.74) is 2.44. The third-order valence-electron chi connectivity index (χ3n) is 5.20. The summed E-state index contributed by atoms with van der Waals surface area (Å²) in [7, 11) is 5.68. The summed E-state index contributed by atoms with van der Waals surface area (Å²) in [4.78, 5) is 15.0. The van der Waals surface area contributed by atoms with Crippen molar-refractivity contribution in [2.75, 3.05) is 40.9 Å². The number of benzene rings is 2. The Hall–Kier alpha value is -2.37. The smallest absolute Gasteiger partial charge is 0.252 e. The maximum Gasteiger partial charge on any atom is 0.252 e. The van der Waals surface area contributed by atoms with Crippen LogP contribution in [0.4, 0.5) is 0 Å². The Labute approximate surface area is 167 Å². The molecule has 0 spiro atoms. The number of hydrogen-bond donors (Lipinski definition) is 1. The molecule has 1 saturated heterocycles. The van der Waals surface area contributed by atoms with Crippen molar-refractivity contribution in [2.24, 2.45) is 0 Å². The number of nitrogens with zero attached hydrogens (tertiary/aromatic N) is 1. The lowest BCUT2D eigenvalue weighted by Gasteiger charge is -2.28. The van der Waals surface area contributed by atoms with Crippen molar-refractivity contribution in [3.63, 3.8) is 0 Å². The molecule has 3 rings (SSSR count). The molecule has 1 amide bonds. The maximum atomic E-state index is 12.9. The van der Waals surface area contributed by atoms with Crippen LogP contribution in [0.5, 0.6) is 5.75 Å². The van der Waals surface area contributed by atoms with Crippen LogP contribution in [0.1, 0.15) is 18.4 Å². The van der Waals surface area contributed by atoms with Gasteiger partial charge in [-0.05, 0) is 44.1 Å². The van der Waals surface area contributed by atoms with Crippen LogP contribution in [-0.4, -0.2) is 57.3 Å². The summed E-state index contributed by atoms with van der Waals surface area (Å²) in [5.74, 6) is 0.836. The van der Waals surface area contributed by atoms with Crippen LogP contribution < -0.4 is 10.1 Å². The number of hydrogen-bond acceptors (Lipinski definition) is 4. The fourth-order valence-corrected chi connectivity index (χ4v) is 3.71. The Bertz CT molecular complexity index is 798. The molecule has 1 unspecified atom stereocenters. The van der Waals surface area contributed by atoms with E-state index in [0.29, 0.717) is 19.6 Å². The van der Waals surface area contributed by atoms with Gasteiger partial charge in [0.2, 0.25) is 0 Å². The minimum absolute atomic E-state index is 0.00505. The normalized spacial score (nSPS) is 19.0. The molecule has 0 aliphatic carbocycles. The van der Waals surface area contributed by atoms with E-state index in [-0.39, 0.29) is 5.91 Å². The Kier molecular flexibility index (Phi) is 6.70. The van der Waals surface area contributed by atoms with Crippen molar-refractivity contribution in [1.82, 2.24) is 10.2 Å². The highest BCUT2D eigenvalue weighted by Crippen LogP contribution is 2.33. The van der Waals surface area contributed by atoms with Gasteiger partial charge in [-0.3, -0.25) is 4.79 Å². The number of carbonyl (C=O) groups excluding carboxylic acids is 1. The lowest BCUT2D eigenvalue weighted by molar-refractivity contribution is -0.141. The zero-order chi connectivity index (χ0) is 20.0. The minimum Gasteiger partial charge on any atom is -0.496 e. The number of carbonyl (C=O) groups is 1. The van der Waals surface area contributed by atoms with Crippen LogP contribution in [0.25, 0.3) is 11.1 Å². The first-order chi connectivity index (χ1) is 13.5. The van der Waals surface area contributed by atoms with E-state index in [1.807, 2.05) is 44.4 Å². The van der Waals surface area contributed by atoms with Crippen molar-refractivity contribution >= 4 is 5.91 Å². The van der Waals surface area contributed by atoms with Gasteiger partial charge in [-0.25, -0.2) is 0 Å². The topological polar surface area (TPSA) is 50.8 Å². The van der Waals surface area contributed by atoms with Crippen molar-refractivity contribution in [2.45, 2.75) is 24.9 Å². The number of nitrogens with one attached hydrogen (secondary N) is 1. The van der Waals surface area contributed by atoms with E-state index in [1.54, 1.807) is 7.11 Å². The van der Waals surface area contributed by atoms with Crippen LogP contribution in [0.2, 0.25) is 0 Å². The summed E-state index contributed by atoms with van der Waals surface area (Å²) in [5, 5.41) is 3.06. The van der Waals surface area contributed by atoms with Crippen LogP contribution in [-0.2, 0) is 16.0 Å². The first-order valence-corrected chi connectivity index (χ1v) is 9.83. The molecule has 1 aliphatic rings. The molecule has 28 heavy (non-hydrogen) atoms. The molecule has 5 heteroatoms. The third kappa shape index (κ3) is 4.72. The number of amides is 1. The molecule has 150 valence electrons. The Balaban J connectivity index is 1.80. The summed E-state index contributed by atoms with van der Waals surface area (Å²) in [6.07, 6.45) is 2.23. The number of ether oxygens (including phenoxy) is 2. The Morgan fingerprint density at radius 2 is 2.04 bits per heavy atom. The maximum absolute atomic E-state index is 12.9. The molecule has 0 bridgehead atoms. The first-order valence-electron chi connectivity index (χ1n) is 9.83. The molecule has 1 heterocycles. The number of likely N-dealkylation sites (N-methyl/N-ethyl adjacent to an activating group) is 1. The van der Waals surface area contributed by atoms with E-state index in [1.165, 1.54) is 0 Å². The summed E-state index contributed by atoms with van der Waals surface area (Å²) in [6.45, 7) is 2.07. The largest absolute Gasteiger partial charge is 0.496 e. The quantitative estimate of drug-likeness (QED) is 0.762. The second-order valence-electron chi connectivity index (χ2n) is 7.58. The predicted octanol–water partition coefficient (Wildman–Crippen LogP) is 3.13. The molecule has 0 radical (unpaired) electrons. The van der Waals surface area contributed by atoms with E-state index in [0.717, 1.165) is 41.8 Å². The highest BCUT2D eigenvalue weighted by Gasteiger charge is 2.42. The van der Waals surface area contributed by atoms with Crippen molar-refractivity contribution < 1.29 is 14.3 Å². The van der Waals surface area contributed by atoms with Crippen LogP contribution in [0.3, 0.4) is 0 Å². The average Bonchev–Trinajstić information content (AvgIpc) is 3.17. The van der Waals surface area contributed by atoms with Gasteiger partial charge in [0, 0.05) is 31.7 Å². The highest BCUT2D eigenvalue weighted by molar-refractivity contribution is 5.86. The lowest BCUT2D eigenvalue weighted by Crippen LogP contribution is -2.49. The van der Waals surface area contributed by atoms with Gasteiger partial charge in [0.1, 0.15) is 5.75 Å². The molecule has 1 fully saturated rings. The number of methoxy groups -OCH3 is 1. The zero-order valence-corrected chi connectivity index (χ0v) is 17.0. The molecule has 1 atom stereocenters. The molecule has 0 saturated carbocycles. The van der Waals surface area contributed by atoms with Gasteiger partial charge in [0.25, 0.3) is 5.91 Å². The molecular weight excluding hydrogens is 352 g/mol. The molecule has 1 aliphatic heterocycles. The summed E-state index contributed by atoms with van der Waals surface area (Å²) in [6, 6.07) is 16.3. The van der Waals surface area contributed by atoms with E-state index >= 15 is 0 Å². The van der Waals surface area contributed by atoms with Crippen LogP contribution in [0, 0.1) is 0 Å². The highest BCUT2D eigenvalue weighted by atomic mass is 16.5. The summed E-state index contributed by atoms with van der Waals surface area (Å²) >= 11 is 0. The second-order valence-corrected chi connectivity index (χ2v) is 7.58. The Morgan fingerprint density at radius 3 is 2.75 bits per heavy atom. The lowest BCUT2D eigenvalue weighted by atomic mass is 9.89. The molecular formula is C23H30N2O3. The third-order valence-corrected chi connectivity index (χ3v) is 5.20. The van der Waals surface area contributed by atoms with Crippen molar-refractivity contribution in [3.8, 4) is 16.9 Å². The second kappa shape index (κ2) is 9.22. The van der Waals surface area contributed by atoms with Crippen molar-refractivity contribution in [1.29, 1.82) is 0 Å². The van der Waals surface area contributed by atoms with Gasteiger partial charge in [0.15, 0.2) is 5.60 Å². The molecule has 0 aromatic heterocycles. The molecule has 1 N–H and O–H groups in total. The van der Waals surface area contributed by atoms with Gasteiger partial charge < -0.3 is 19.7 Å². The van der Waals surface area contributed by atoms with Gasteiger partial charge >= 0.3 is 0 Å². The predicted molar refractivity (Wildman–Crippen MR) is 112 cm³/mol. The number of rotatable bonds is 8. The average molecular weight is 383 g/mol. The molecule has 2 aromatic carbocycles. The fourth-order valence-electron chi connectivity index (χ4n) is 3.71. The van der Waals surface area contributed by atoms with Crippen molar-refractivity contribution in [3.05, 3.63) is 54.1 Å². The van der Waals surface area contributed by atoms with Gasteiger partial charge in [-0.2, -0.15) is 0 Å². The fraction of sp³-hybridized carbons (Fsp3) is 0.435. The summed E-state index contributed by atoms with van der Waals surface area (Å²) < 4.78 is 11.5. The standard InChI is InChI=1S/C23H30N2O3/c1-25(2)14-13-24-22(26)23(12-7-15-28-23)17-18-8-6-9-19(16-18)20-10-4-5-11-21(20)27-3/h4-6,8-11,16H,7,12-15,17H2,1-3H3,(H,24,26). The van der Waals surface area contributed by atoms with E-state index in [9.17, 15) is 4.79 Å². The Morgan fingerprint density at radius 1 is 1.21 bits per heavy atom.